The first-order chi connectivity index (χ1) is 11.5. The Morgan fingerprint density at radius 3 is 2.12 bits per heavy atom. The highest BCUT2D eigenvalue weighted by atomic mass is 16.6. The third-order valence-corrected chi connectivity index (χ3v) is 3.05. The summed E-state index contributed by atoms with van der Waals surface area (Å²) in [6, 6.07) is 0. The lowest BCUT2D eigenvalue weighted by Crippen LogP contribution is -2.38. The van der Waals surface area contributed by atoms with Crippen LogP contribution in [0.15, 0.2) is 17.8 Å². The molecule has 0 aromatic rings. The molecule has 0 amide bonds. The molecule has 0 heterocycles. The second kappa shape index (κ2) is 13.4. The van der Waals surface area contributed by atoms with E-state index in [0.29, 0.717) is 19.3 Å². The minimum atomic E-state index is -0.851. The molecule has 0 radical (unpaired) electrons. The zero-order valence-electron chi connectivity index (χ0n) is 14.8. The van der Waals surface area contributed by atoms with Crippen molar-refractivity contribution in [3.8, 4) is 0 Å². The highest BCUT2D eigenvalue weighted by Crippen LogP contribution is 2.12. The lowest BCUT2D eigenvalue weighted by molar-refractivity contribution is -0.163. The van der Waals surface area contributed by atoms with Crippen LogP contribution in [0.3, 0.4) is 0 Å². The third kappa shape index (κ3) is 9.17. The average molecular weight is 343 g/mol. The number of carbonyl (C=O) groups excluding carboxylic acids is 2. The maximum absolute atomic E-state index is 11.8. The minimum Gasteiger partial charge on any atom is -0.467 e. The molecule has 7 nitrogen and oxygen atoms in total. The van der Waals surface area contributed by atoms with Gasteiger partial charge in [-0.05, 0) is 25.3 Å². The van der Waals surface area contributed by atoms with Crippen LogP contribution in [-0.2, 0) is 23.8 Å². The van der Waals surface area contributed by atoms with Gasteiger partial charge in [0.2, 0.25) is 5.90 Å². The van der Waals surface area contributed by atoms with Gasteiger partial charge in [0.15, 0.2) is 12.2 Å². The van der Waals surface area contributed by atoms with Gasteiger partial charge in [-0.2, -0.15) is 0 Å². The van der Waals surface area contributed by atoms with E-state index in [1.807, 2.05) is 20.8 Å². The topological polar surface area (TPSA) is 94.4 Å². The van der Waals surface area contributed by atoms with Crippen molar-refractivity contribution < 1.29 is 29.0 Å². The summed E-state index contributed by atoms with van der Waals surface area (Å²) >= 11 is 0. The van der Waals surface area contributed by atoms with Crippen molar-refractivity contribution in [2.24, 2.45) is 5.16 Å². The van der Waals surface area contributed by atoms with Gasteiger partial charge >= 0.3 is 11.9 Å². The van der Waals surface area contributed by atoms with Crippen LogP contribution in [0.4, 0.5) is 0 Å². The van der Waals surface area contributed by atoms with Crippen LogP contribution in [0.2, 0.25) is 0 Å². The van der Waals surface area contributed by atoms with Crippen molar-refractivity contribution >= 4 is 17.8 Å². The van der Waals surface area contributed by atoms with E-state index < -0.39 is 18.2 Å². The van der Waals surface area contributed by atoms with Gasteiger partial charge in [0.05, 0.1) is 0 Å². The summed E-state index contributed by atoms with van der Waals surface area (Å²) in [5.41, 5.74) is 0. The molecule has 0 spiro atoms. The van der Waals surface area contributed by atoms with Gasteiger partial charge < -0.3 is 19.4 Å². The van der Waals surface area contributed by atoms with E-state index >= 15 is 0 Å². The quantitative estimate of drug-likeness (QED) is 0.146. The molecule has 0 aliphatic heterocycles. The zero-order valence-corrected chi connectivity index (χ0v) is 14.8. The van der Waals surface area contributed by atoms with Crippen LogP contribution in [0.5, 0.6) is 0 Å². The lowest BCUT2D eigenvalue weighted by Gasteiger charge is -2.25. The number of ether oxygens (including phenoxy) is 3. The van der Waals surface area contributed by atoms with Crippen molar-refractivity contribution in [1.29, 1.82) is 0 Å². The fourth-order valence-electron chi connectivity index (χ4n) is 1.86. The molecule has 0 saturated heterocycles. The molecule has 1 N–H and O–H groups in total. The number of hydrogen-bond acceptors (Lipinski definition) is 7. The number of esters is 2. The third-order valence-electron chi connectivity index (χ3n) is 3.05. The summed E-state index contributed by atoms with van der Waals surface area (Å²) in [6.45, 7) is 9.14. The Balaban J connectivity index is 4.97. The molecule has 0 fully saturated rings. The summed E-state index contributed by atoms with van der Waals surface area (Å²) in [5, 5.41) is 12.1. The smallest absolute Gasteiger partial charge is 0.306 e. The highest BCUT2D eigenvalue weighted by molar-refractivity contribution is 5.75. The van der Waals surface area contributed by atoms with Crippen LogP contribution >= 0.6 is 0 Å². The number of hydrogen-bond donors (Lipinski definition) is 1. The van der Waals surface area contributed by atoms with E-state index in [0.717, 1.165) is 6.42 Å². The molecule has 0 bridgehead atoms. The first kappa shape index (κ1) is 21.9. The maximum atomic E-state index is 11.8. The Morgan fingerprint density at radius 1 is 1.04 bits per heavy atom. The zero-order chi connectivity index (χ0) is 18.4. The molecule has 0 aromatic carbocycles. The summed E-state index contributed by atoms with van der Waals surface area (Å²) in [7, 11) is 0. The van der Waals surface area contributed by atoms with Gasteiger partial charge in [-0.3, -0.25) is 9.59 Å². The van der Waals surface area contributed by atoms with Gasteiger partial charge in [-0.25, -0.2) is 0 Å². The summed E-state index contributed by atoms with van der Waals surface area (Å²) < 4.78 is 16.0. The molecule has 7 heteroatoms. The van der Waals surface area contributed by atoms with Gasteiger partial charge in [-0.1, -0.05) is 32.5 Å². The second-order valence-electron chi connectivity index (χ2n) is 5.27. The van der Waals surface area contributed by atoms with E-state index in [1.165, 1.54) is 6.08 Å². The van der Waals surface area contributed by atoms with Crippen molar-refractivity contribution in [1.82, 2.24) is 0 Å². The van der Waals surface area contributed by atoms with Crippen molar-refractivity contribution in [2.75, 3.05) is 6.61 Å². The molecule has 0 saturated carbocycles. The molecule has 24 heavy (non-hydrogen) atoms. The summed E-state index contributed by atoms with van der Waals surface area (Å²) in [4.78, 5) is 23.4. The first-order valence-electron chi connectivity index (χ1n) is 8.37. The number of oxime groups is 1. The van der Waals surface area contributed by atoms with Crippen LogP contribution in [0.25, 0.3) is 0 Å². The largest absolute Gasteiger partial charge is 0.467 e. The Bertz CT molecular complexity index is 421. The number of nitrogens with zero attached hydrogens (tertiary/aromatic N) is 1. The van der Waals surface area contributed by atoms with Gasteiger partial charge in [0.25, 0.3) is 0 Å². The van der Waals surface area contributed by atoms with E-state index in [9.17, 15) is 9.59 Å². The highest BCUT2D eigenvalue weighted by Gasteiger charge is 2.27. The van der Waals surface area contributed by atoms with E-state index in [-0.39, 0.29) is 31.3 Å². The number of carbonyl (C=O) groups is 2. The fraction of sp³-hybridized carbons (Fsp3) is 0.706. The fourth-order valence-corrected chi connectivity index (χ4v) is 1.86. The molecule has 138 valence electrons. The normalized spacial score (nSPS) is 13.7. The van der Waals surface area contributed by atoms with E-state index in [4.69, 9.17) is 19.4 Å². The monoisotopic (exact) mass is 343 g/mol. The second-order valence-corrected chi connectivity index (χ2v) is 5.27. The van der Waals surface area contributed by atoms with Crippen molar-refractivity contribution in [2.45, 2.75) is 71.5 Å². The standard InChI is InChI=1S/C17H29NO6/c1-5-9-15(18-21)23-13(8-4)14(24-17(20)11-7-3)12-22-16(19)10-6-2/h8,13-14,21H,4-7,9-12H2,1-3H3. The predicted octanol–water partition coefficient (Wildman–Crippen LogP) is 3.20. The molecular weight excluding hydrogens is 314 g/mol. The Hall–Kier alpha value is -2.05. The predicted molar refractivity (Wildman–Crippen MR) is 89.9 cm³/mol. The molecule has 0 rings (SSSR count). The van der Waals surface area contributed by atoms with Gasteiger partial charge in [0.1, 0.15) is 6.61 Å². The van der Waals surface area contributed by atoms with Gasteiger partial charge in [0, 0.05) is 19.3 Å². The van der Waals surface area contributed by atoms with Crippen molar-refractivity contribution in [3.05, 3.63) is 12.7 Å². The van der Waals surface area contributed by atoms with Crippen LogP contribution < -0.4 is 0 Å². The van der Waals surface area contributed by atoms with Crippen molar-refractivity contribution in [3.63, 3.8) is 0 Å². The summed E-state index contributed by atoms with van der Waals surface area (Å²) in [5.74, 6) is -0.678. The molecule has 0 aromatic heterocycles. The van der Waals surface area contributed by atoms with E-state index in [2.05, 4.69) is 11.7 Å². The number of rotatable bonds is 12. The molecule has 0 aliphatic rings. The van der Waals surface area contributed by atoms with Gasteiger partial charge in [-0.15, -0.1) is 0 Å². The Labute approximate surface area is 143 Å². The van der Waals surface area contributed by atoms with E-state index in [1.54, 1.807) is 0 Å². The molecule has 0 aliphatic carbocycles. The maximum Gasteiger partial charge on any atom is 0.306 e. The molecule has 2 atom stereocenters. The van der Waals surface area contributed by atoms with Crippen LogP contribution in [0, 0.1) is 0 Å². The molecular formula is C17H29NO6. The average Bonchev–Trinajstić information content (AvgIpc) is 2.56. The molecule has 2 unspecified atom stereocenters. The summed E-state index contributed by atoms with van der Waals surface area (Å²) in [6.07, 6.45) is 2.78. The Morgan fingerprint density at radius 2 is 1.62 bits per heavy atom. The van der Waals surface area contributed by atoms with Crippen LogP contribution in [-0.4, -0.2) is 41.9 Å². The SMILES string of the molecule is C=CC(OC(CCC)=NO)C(COC(=O)CCC)OC(=O)CCC. The lowest BCUT2D eigenvalue weighted by atomic mass is 10.2. The first-order valence-corrected chi connectivity index (χ1v) is 8.37. The van der Waals surface area contributed by atoms with Crippen LogP contribution in [0.1, 0.15) is 59.3 Å². The minimum absolute atomic E-state index is 0.110. The Kier molecular flexibility index (Phi) is 12.3.